The fourth-order valence-corrected chi connectivity index (χ4v) is 3.13. The average Bonchev–Trinajstić information content (AvgIpc) is 2.59. The molecule has 0 aliphatic carbocycles. The number of halogens is 1. The Morgan fingerprint density at radius 3 is 2.64 bits per heavy atom. The number of hydrogen-bond donors (Lipinski definition) is 1. The lowest BCUT2D eigenvalue weighted by Crippen LogP contribution is -2.45. The highest BCUT2D eigenvalue weighted by Crippen LogP contribution is 2.19. The number of aromatic nitrogens is 2. The lowest BCUT2D eigenvalue weighted by atomic mass is 10.1. The number of nitrogens with zero attached hydrogens (tertiary/aromatic N) is 3. The van der Waals surface area contributed by atoms with E-state index >= 15 is 0 Å². The maximum atomic E-state index is 13.3. The highest BCUT2D eigenvalue weighted by Gasteiger charge is 2.22. The number of hydrogen-bond acceptors (Lipinski definition) is 5. The topological polar surface area (TPSA) is 50.3 Å². The molecule has 6 heteroatoms. The normalized spacial score (nSPS) is 22.0. The number of ether oxygens (including phenoxy) is 1. The third-order valence-electron chi connectivity index (χ3n) is 4.39. The van der Waals surface area contributed by atoms with Crippen LogP contribution in [0.4, 0.5) is 10.2 Å². The van der Waals surface area contributed by atoms with Crippen LogP contribution in [0.3, 0.4) is 0 Å². The van der Waals surface area contributed by atoms with Gasteiger partial charge in [0.1, 0.15) is 11.6 Å². The minimum Gasteiger partial charge on any atom is -0.372 e. The molecule has 1 N–H and O–H groups in total. The molecule has 0 aromatic carbocycles. The summed E-state index contributed by atoms with van der Waals surface area (Å²) in [5, 5.41) is 3.38. The van der Waals surface area contributed by atoms with Crippen LogP contribution in [0.1, 0.15) is 37.9 Å². The van der Waals surface area contributed by atoms with Gasteiger partial charge in [-0.25, -0.2) is 9.37 Å². The van der Waals surface area contributed by atoms with Crippen molar-refractivity contribution >= 4 is 5.82 Å². The first-order valence-electron chi connectivity index (χ1n) is 8.70. The zero-order valence-corrected chi connectivity index (χ0v) is 14.9. The molecule has 1 aliphatic heterocycles. The van der Waals surface area contributed by atoms with Crippen LogP contribution < -0.4 is 10.2 Å². The zero-order chi connectivity index (χ0) is 17.8. The highest BCUT2D eigenvalue weighted by molar-refractivity contribution is 5.40. The number of rotatable bonds is 5. The summed E-state index contributed by atoms with van der Waals surface area (Å²) >= 11 is 0. The van der Waals surface area contributed by atoms with Crippen molar-refractivity contribution in [1.82, 2.24) is 15.3 Å². The van der Waals surface area contributed by atoms with Crippen LogP contribution in [0.15, 0.2) is 36.8 Å². The summed E-state index contributed by atoms with van der Waals surface area (Å²) in [7, 11) is 0. The first-order chi connectivity index (χ1) is 12.0. The van der Waals surface area contributed by atoms with Crippen molar-refractivity contribution in [1.29, 1.82) is 0 Å². The molecule has 0 bridgehead atoms. The van der Waals surface area contributed by atoms with Gasteiger partial charge < -0.3 is 15.0 Å². The van der Waals surface area contributed by atoms with Crippen LogP contribution in [0.25, 0.3) is 0 Å². The summed E-state index contributed by atoms with van der Waals surface area (Å²) in [6, 6.07) is 5.66. The van der Waals surface area contributed by atoms with Crippen molar-refractivity contribution in [2.24, 2.45) is 0 Å². The van der Waals surface area contributed by atoms with Crippen molar-refractivity contribution in [2.75, 3.05) is 18.0 Å². The molecule has 0 amide bonds. The Bertz CT molecular complexity index is 684. The Balaban J connectivity index is 1.57. The molecule has 3 heterocycles. The van der Waals surface area contributed by atoms with Gasteiger partial charge >= 0.3 is 0 Å². The number of anilines is 1. The molecule has 5 nitrogen and oxygen atoms in total. The van der Waals surface area contributed by atoms with Crippen LogP contribution in [0.5, 0.6) is 0 Å². The van der Waals surface area contributed by atoms with E-state index in [2.05, 4.69) is 46.2 Å². The third-order valence-corrected chi connectivity index (χ3v) is 4.39. The number of morpholine rings is 1. The van der Waals surface area contributed by atoms with Gasteiger partial charge in [-0.3, -0.25) is 4.98 Å². The molecule has 1 aliphatic rings. The van der Waals surface area contributed by atoms with Gasteiger partial charge in [0.2, 0.25) is 0 Å². The van der Waals surface area contributed by atoms with Crippen LogP contribution in [-0.2, 0) is 11.3 Å². The van der Waals surface area contributed by atoms with Gasteiger partial charge in [-0.15, -0.1) is 0 Å². The van der Waals surface area contributed by atoms with Crippen LogP contribution >= 0.6 is 0 Å². The fourth-order valence-electron chi connectivity index (χ4n) is 3.13. The predicted octanol–water partition coefficient (Wildman–Crippen LogP) is 3.08. The first kappa shape index (κ1) is 17.8. The van der Waals surface area contributed by atoms with Gasteiger partial charge in [0.15, 0.2) is 0 Å². The summed E-state index contributed by atoms with van der Waals surface area (Å²) < 4.78 is 19.0. The van der Waals surface area contributed by atoms with Crippen molar-refractivity contribution in [3.05, 3.63) is 53.7 Å². The summed E-state index contributed by atoms with van der Waals surface area (Å²) in [6.07, 6.45) is 5.22. The molecule has 2 aromatic rings. The van der Waals surface area contributed by atoms with E-state index in [-0.39, 0.29) is 24.1 Å². The van der Waals surface area contributed by atoms with E-state index in [0.717, 1.165) is 30.0 Å². The summed E-state index contributed by atoms with van der Waals surface area (Å²) in [4.78, 5) is 10.7. The largest absolute Gasteiger partial charge is 0.372 e. The Kier molecular flexibility index (Phi) is 5.60. The van der Waals surface area contributed by atoms with E-state index in [9.17, 15) is 4.39 Å². The SMILES string of the molecule is C[C@@H]1CN(c2ccc(CN[C@H](C)c3cncc(F)c3)cn2)C[C@@H](C)O1. The van der Waals surface area contributed by atoms with E-state index in [1.165, 1.54) is 12.3 Å². The van der Waals surface area contributed by atoms with E-state index in [1.54, 1.807) is 6.20 Å². The average molecular weight is 344 g/mol. The molecule has 1 saturated heterocycles. The molecule has 3 atom stereocenters. The van der Waals surface area contributed by atoms with Gasteiger partial charge in [-0.2, -0.15) is 0 Å². The van der Waals surface area contributed by atoms with Crippen LogP contribution in [0.2, 0.25) is 0 Å². The highest BCUT2D eigenvalue weighted by atomic mass is 19.1. The van der Waals surface area contributed by atoms with Gasteiger partial charge in [-0.1, -0.05) is 6.07 Å². The third kappa shape index (κ3) is 4.74. The summed E-state index contributed by atoms with van der Waals surface area (Å²) in [5.74, 6) is 0.666. The van der Waals surface area contributed by atoms with Crippen LogP contribution in [0, 0.1) is 5.82 Å². The molecule has 0 radical (unpaired) electrons. The van der Waals surface area contributed by atoms with Gasteiger partial charge in [0.25, 0.3) is 0 Å². The lowest BCUT2D eigenvalue weighted by Gasteiger charge is -2.36. The molecule has 0 spiro atoms. The van der Waals surface area contributed by atoms with Gasteiger partial charge in [0, 0.05) is 38.1 Å². The van der Waals surface area contributed by atoms with E-state index in [0.29, 0.717) is 6.54 Å². The van der Waals surface area contributed by atoms with Crippen molar-refractivity contribution < 1.29 is 9.13 Å². The standard InChI is InChI=1S/C19H25FN4O/c1-13-11-24(12-14(2)25-13)19-5-4-16(8-23-19)7-22-15(3)17-6-18(20)10-21-9-17/h4-6,8-10,13-15,22H,7,11-12H2,1-3H3/t13-,14-,15-/m1/s1. The quantitative estimate of drug-likeness (QED) is 0.903. The Morgan fingerprint density at radius 2 is 2.00 bits per heavy atom. The van der Waals surface area contributed by atoms with Crippen molar-refractivity contribution in [2.45, 2.75) is 45.6 Å². The molecule has 0 saturated carbocycles. The lowest BCUT2D eigenvalue weighted by molar-refractivity contribution is -0.00545. The smallest absolute Gasteiger partial charge is 0.141 e. The van der Waals surface area contributed by atoms with E-state index < -0.39 is 0 Å². The molecule has 134 valence electrons. The van der Waals surface area contributed by atoms with E-state index in [1.807, 2.05) is 13.1 Å². The minimum absolute atomic E-state index is 0.0174. The second-order valence-corrected chi connectivity index (χ2v) is 6.73. The Morgan fingerprint density at radius 1 is 1.24 bits per heavy atom. The first-order valence-corrected chi connectivity index (χ1v) is 8.70. The van der Waals surface area contributed by atoms with Gasteiger partial charge in [-0.05, 0) is 44.0 Å². The molecule has 3 rings (SSSR count). The monoisotopic (exact) mass is 344 g/mol. The zero-order valence-electron chi connectivity index (χ0n) is 14.9. The molecule has 2 aromatic heterocycles. The predicted molar refractivity (Wildman–Crippen MR) is 95.9 cm³/mol. The second kappa shape index (κ2) is 7.89. The molecular weight excluding hydrogens is 319 g/mol. The maximum Gasteiger partial charge on any atom is 0.141 e. The Hall–Kier alpha value is -2.05. The number of pyridine rings is 2. The molecule has 0 unspecified atom stereocenters. The second-order valence-electron chi connectivity index (χ2n) is 6.73. The molecule has 1 fully saturated rings. The van der Waals surface area contributed by atoms with Gasteiger partial charge in [0.05, 0.1) is 18.4 Å². The molecular formula is C19H25FN4O. The minimum atomic E-state index is -0.314. The fraction of sp³-hybridized carbons (Fsp3) is 0.474. The Labute approximate surface area is 148 Å². The van der Waals surface area contributed by atoms with Crippen LogP contribution in [-0.4, -0.2) is 35.3 Å². The van der Waals surface area contributed by atoms with E-state index in [4.69, 9.17) is 4.74 Å². The van der Waals surface area contributed by atoms with Crippen molar-refractivity contribution in [3.63, 3.8) is 0 Å². The number of nitrogens with one attached hydrogen (secondary N) is 1. The summed E-state index contributed by atoms with van der Waals surface area (Å²) in [5.41, 5.74) is 1.93. The summed E-state index contributed by atoms with van der Waals surface area (Å²) in [6.45, 7) is 8.56. The molecule has 25 heavy (non-hydrogen) atoms. The maximum absolute atomic E-state index is 13.3. The van der Waals surface area contributed by atoms with Crippen molar-refractivity contribution in [3.8, 4) is 0 Å².